The predicted octanol–water partition coefficient (Wildman–Crippen LogP) is 3.43. The number of aryl methyl sites for hydroxylation is 3. The van der Waals surface area contributed by atoms with Crippen molar-refractivity contribution in [1.82, 2.24) is 14.5 Å². The molecule has 0 aliphatic rings. The van der Waals surface area contributed by atoms with Crippen molar-refractivity contribution in [2.45, 2.75) is 19.8 Å². The predicted molar refractivity (Wildman–Crippen MR) is 99.0 cm³/mol. The summed E-state index contributed by atoms with van der Waals surface area (Å²) in [7, 11) is 3.57. The van der Waals surface area contributed by atoms with E-state index in [1.807, 2.05) is 49.0 Å². The van der Waals surface area contributed by atoms with Gasteiger partial charge in [0.05, 0.1) is 17.7 Å². The number of carbonyl (C=O) groups is 1. The average molecular weight is 356 g/mol. The number of rotatable bonds is 6. The summed E-state index contributed by atoms with van der Waals surface area (Å²) in [4.78, 5) is 22.0. The number of hydrogen-bond donors (Lipinski definition) is 1. The minimum atomic E-state index is -0.0528. The molecular formula is C18H20N4O2S. The van der Waals surface area contributed by atoms with Crippen LogP contribution in [0.15, 0.2) is 36.7 Å². The molecule has 0 radical (unpaired) electrons. The second kappa shape index (κ2) is 7.48. The van der Waals surface area contributed by atoms with E-state index < -0.39 is 0 Å². The Morgan fingerprint density at radius 3 is 2.96 bits per heavy atom. The topological polar surface area (TPSA) is 69.0 Å². The van der Waals surface area contributed by atoms with Crippen molar-refractivity contribution in [3.8, 4) is 16.5 Å². The van der Waals surface area contributed by atoms with Gasteiger partial charge in [0.25, 0.3) is 0 Å². The molecule has 2 aromatic heterocycles. The Balaban J connectivity index is 1.62. The molecule has 0 saturated heterocycles. The molecule has 7 heteroatoms. The number of nitrogens with zero attached hydrogens (tertiary/aromatic N) is 3. The fourth-order valence-electron chi connectivity index (χ4n) is 2.51. The Morgan fingerprint density at radius 2 is 2.24 bits per heavy atom. The lowest BCUT2D eigenvalue weighted by Crippen LogP contribution is -2.12. The lowest BCUT2D eigenvalue weighted by molar-refractivity contribution is -0.116. The van der Waals surface area contributed by atoms with Crippen molar-refractivity contribution in [1.29, 1.82) is 0 Å². The normalized spacial score (nSPS) is 10.7. The Kier molecular flexibility index (Phi) is 5.14. The summed E-state index contributed by atoms with van der Waals surface area (Å²) in [6.07, 6.45) is 4.69. The first-order chi connectivity index (χ1) is 12.1. The van der Waals surface area contributed by atoms with Gasteiger partial charge in [-0.3, -0.25) is 4.79 Å². The maximum atomic E-state index is 12.2. The fraction of sp³-hybridized carbons (Fsp3) is 0.278. The molecule has 0 bridgehead atoms. The third kappa shape index (κ3) is 4.06. The van der Waals surface area contributed by atoms with Crippen LogP contribution in [0.1, 0.15) is 17.7 Å². The summed E-state index contributed by atoms with van der Waals surface area (Å²) < 4.78 is 7.14. The Hall–Kier alpha value is -2.67. The summed E-state index contributed by atoms with van der Waals surface area (Å²) in [5, 5.41) is 3.49. The van der Waals surface area contributed by atoms with Crippen LogP contribution in [0.3, 0.4) is 0 Å². The standard InChI is InChI=1S/C18H20N4O2S/c1-12-16(17-19-9-10-22(17)2)25-18(20-12)21-15(23)8-7-13-5-4-6-14(11-13)24-3/h4-6,9-11H,7-8H2,1-3H3,(H,20,21,23). The summed E-state index contributed by atoms with van der Waals surface area (Å²) in [6, 6.07) is 7.75. The highest BCUT2D eigenvalue weighted by Gasteiger charge is 2.15. The molecule has 1 N–H and O–H groups in total. The van der Waals surface area contributed by atoms with Gasteiger partial charge in [-0.15, -0.1) is 0 Å². The number of amides is 1. The van der Waals surface area contributed by atoms with E-state index in [9.17, 15) is 4.79 Å². The molecular weight excluding hydrogens is 336 g/mol. The van der Waals surface area contributed by atoms with Crippen LogP contribution in [0.25, 0.3) is 10.7 Å². The minimum Gasteiger partial charge on any atom is -0.497 e. The van der Waals surface area contributed by atoms with Crippen molar-refractivity contribution in [3.63, 3.8) is 0 Å². The number of anilines is 1. The van der Waals surface area contributed by atoms with Crippen LogP contribution in [0.2, 0.25) is 0 Å². The molecule has 0 atom stereocenters. The number of methoxy groups -OCH3 is 1. The van der Waals surface area contributed by atoms with Gasteiger partial charge in [-0.1, -0.05) is 23.5 Å². The number of benzene rings is 1. The molecule has 2 heterocycles. The zero-order chi connectivity index (χ0) is 17.8. The van der Waals surface area contributed by atoms with E-state index in [-0.39, 0.29) is 5.91 Å². The van der Waals surface area contributed by atoms with Crippen molar-refractivity contribution < 1.29 is 9.53 Å². The quantitative estimate of drug-likeness (QED) is 0.735. The zero-order valence-electron chi connectivity index (χ0n) is 14.4. The summed E-state index contributed by atoms with van der Waals surface area (Å²) in [5.41, 5.74) is 1.93. The van der Waals surface area contributed by atoms with Crippen LogP contribution in [0.5, 0.6) is 5.75 Å². The second-order valence-electron chi connectivity index (χ2n) is 5.70. The average Bonchev–Trinajstić information content (AvgIpc) is 3.18. The summed E-state index contributed by atoms with van der Waals surface area (Å²) in [5.74, 6) is 1.60. The molecule has 0 aliphatic carbocycles. The van der Waals surface area contributed by atoms with Crippen molar-refractivity contribution >= 4 is 22.4 Å². The number of aromatic nitrogens is 3. The third-order valence-corrected chi connectivity index (χ3v) is 4.91. The number of hydrogen-bond acceptors (Lipinski definition) is 5. The highest BCUT2D eigenvalue weighted by atomic mass is 32.1. The maximum Gasteiger partial charge on any atom is 0.226 e. The molecule has 3 aromatic rings. The van der Waals surface area contributed by atoms with Gasteiger partial charge < -0.3 is 14.6 Å². The van der Waals surface area contributed by atoms with Crippen LogP contribution in [0, 0.1) is 6.92 Å². The van der Waals surface area contributed by atoms with E-state index in [0.29, 0.717) is 18.0 Å². The SMILES string of the molecule is COc1cccc(CCC(=O)Nc2nc(C)c(-c3nccn3C)s2)c1. The van der Waals surface area contributed by atoms with Crippen LogP contribution >= 0.6 is 11.3 Å². The molecule has 1 aromatic carbocycles. The Bertz CT molecular complexity index is 885. The number of carbonyl (C=O) groups excluding carboxylic acids is 1. The molecule has 6 nitrogen and oxygen atoms in total. The van der Waals surface area contributed by atoms with Crippen molar-refractivity contribution in [3.05, 3.63) is 47.9 Å². The summed E-state index contributed by atoms with van der Waals surface area (Å²) in [6.45, 7) is 1.92. The first-order valence-electron chi connectivity index (χ1n) is 7.94. The molecule has 0 spiro atoms. The van der Waals surface area contributed by atoms with E-state index in [4.69, 9.17) is 4.74 Å². The van der Waals surface area contributed by atoms with E-state index in [1.54, 1.807) is 13.3 Å². The largest absolute Gasteiger partial charge is 0.497 e. The van der Waals surface area contributed by atoms with Crippen molar-refractivity contribution in [2.75, 3.05) is 12.4 Å². The Morgan fingerprint density at radius 1 is 1.40 bits per heavy atom. The molecule has 0 saturated carbocycles. The fourth-order valence-corrected chi connectivity index (χ4v) is 3.53. The van der Waals surface area contributed by atoms with Crippen molar-refractivity contribution in [2.24, 2.45) is 7.05 Å². The molecule has 130 valence electrons. The van der Waals surface area contributed by atoms with Gasteiger partial charge in [0.15, 0.2) is 11.0 Å². The van der Waals surface area contributed by atoms with Crippen LogP contribution in [-0.2, 0) is 18.3 Å². The van der Waals surface area contributed by atoms with Gasteiger partial charge in [0.2, 0.25) is 5.91 Å². The lowest BCUT2D eigenvalue weighted by Gasteiger charge is -2.04. The van der Waals surface area contributed by atoms with Gasteiger partial charge in [0, 0.05) is 25.9 Å². The van der Waals surface area contributed by atoms with Gasteiger partial charge in [-0.05, 0) is 31.0 Å². The first-order valence-corrected chi connectivity index (χ1v) is 8.76. The molecule has 0 unspecified atom stereocenters. The minimum absolute atomic E-state index is 0.0528. The highest BCUT2D eigenvalue weighted by Crippen LogP contribution is 2.31. The lowest BCUT2D eigenvalue weighted by atomic mass is 10.1. The molecule has 3 rings (SSSR count). The zero-order valence-corrected chi connectivity index (χ0v) is 15.3. The maximum absolute atomic E-state index is 12.2. The molecule has 1 amide bonds. The highest BCUT2D eigenvalue weighted by molar-refractivity contribution is 7.19. The van der Waals surface area contributed by atoms with Crippen LogP contribution in [0.4, 0.5) is 5.13 Å². The van der Waals surface area contributed by atoms with Crippen LogP contribution < -0.4 is 10.1 Å². The van der Waals surface area contributed by atoms with Gasteiger partial charge >= 0.3 is 0 Å². The van der Waals surface area contributed by atoms with E-state index in [0.717, 1.165) is 27.7 Å². The monoisotopic (exact) mass is 356 g/mol. The van der Waals surface area contributed by atoms with Gasteiger partial charge in [-0.2, -0.15) is 0 Å². The molecule has 0 aliphatic heterocycles. The molecule has 0 fully saturated rings. The van der Waals surface area contributed by atoms with Crippen LogP contribution in [-0.4, -0.2) is 27.6 Å². The second-order valence-corrected chi connectivity index (χ2v) is 6.69. The third-order valence-electron chi connectivity index (χ3n) is 3.84. The van der Waals surface area contributed by atoms with Gasteiger partial charge in [-0.25, -0.2) is 9.97 Å². The number of imidazole rings is 1. The number of thiazole rings is 1. The molecule has 25 heavy (non-hydrogen) atoms. The summed E-state index contributed by atoms with van der Waals surface area (Å²) >= 11 is 1.44. The smallest absolute Gasteiger partial charge is 0.226 e. The van der Waals surface area contributed by atoms with Gasteiger partial charge in [0.1, 0.15) is 5.75 Å². The van der Waals surface area contributed by atoms with E-state index >= 15 is 0 Å². The van der Waals surface area contributed by atoms with E-state index in [1.165, 1.54) is 11.3 Å². The number of nitrogens with one attached hydrogen (secondary N) is 1. The Labute approximate surface area is 150 Å². The van der Waals surface area contributed by atoms with E-state index in [2.05, 4.69) is 15.3 Å². The number of ether oxygens (including phenoxy) is 1. The first kappa shape index (κ1) is 17.2.